The van der Waals surface area contributed by atoms with Crippen molar-refractivity contribution in [2.24, 2.45) is 0 Å². The highest BCUT2D eigenvalue weighted by molar-refractivity contribution is 5.88. The molecule has 1 amide bonds. The third kappa shape index (κ3) is 2.85. The summed E-state index contributed by atoms with van der Waals surface area (Å²) < 4.78 is 5.19. The third-order valence-corrected chi connectivity index (χ3v) is 5.94. The maximum Gasteiger partial charge on any atom is 0.243 e. The van der Waals surface area contributed by atoms with E-state index in [9.17, 15) is 4.79 Å². The molecule has 1 N–H and O–H groups in total. The Morgan fingerprint density at radius 2 is 2.04 bits per heavy atom. The highest BCUT2D eigenvalue weighted by Crippen LogP contribution is 2.39. The van der Waals surface area contributed by atoms with E-state index in [1.807, 2.05) is 11.1 Å². The van der Waals surface area contributed by atoms with Crippen LogP contribution in [0.25, 0.3) is 10.9 Å². The number of amides is 1. The van der Waals surface area contributed by atoms with Gasteiger partial charge in [-0.1, -0.05) is 12.1 Å². The summed E-state index contributed by atoms with van der Waals surface area (Å²) in [5.74, 6) is 0.314. The van der Waals surface area contributed by atoms with E-state index >= 15 is 0 Å². The predicted octanol–water partition coefficient (Wildman–Crippen LogP) is 2.77. The standard InChI is InChI=1S/C20H27N3O2/c1-25-14-13-22-11-3-8-20(19(22)24)9-4-12-23(20)15-16-5-2-6-18-17(16)7-10-21-18/h2,5-7,10,21H,3-4,8-9,11-15H2,1H3. The van der Waals surface area contributed by atoms with Crippen molar-refractivity contribution in [3.8, 4) is 0 Å². The first-order valence-electron chi connectivity index (χ1n) is 9.33. The molecule has 0 saturated carbocycles. The molecule has 0 aliphatic carbocycles. The zero-order chi connectivity index (χ0) is 17.3. The van der Waals surface area contributed by atoms with Gasteiger partial charge in [0.2, 0.25) is 5.91 Å². The number of H-pyrrole nitrogens is 1. The largest absolute Gasteiger partial charge is 0.383 e. The molecule has 1 aromatic carbocycles. The lowest BCUT2D eigenvalue weighted by atomic mass is 9.85. The van der Waals surface area contributed by atoms with Gasteiger partial charge >= 0.3 is 0 Å². The molecule has 5 nitrogen and oxygen atoms in total. The summed E-state index contributed by atoms with van der Waals surface area (Å²) in [6.45, 7) is 4.04. The number of aromatic nitrogens is 1. The molecule has 1 atom stereocenters. The van der Waals surface area contributed by atoms with Crippen LogP contribution in [0, 0.1) is 0 Å². The van der Waals surface area contributed by atoms with Gasteiger partial charge < -0.3 is 14.6 Å². The van der Waals surface area contributed by atoms with E-state index in [4.69, 9.17) is 4.74 Å². The average Bonchev–Trinajstić information content (AvgIpc) is 3.25. The van der Waals surface area contributed by atoms with E-state index in [2.05, 4.69) is 34.1 Å². The fourth-order valence-corrected chi connectivity index (χ4v) is 4.66. The Morgan fingerprint density at radius 3 is 2.88 bits per heavy atom. The normalized spacial score (nSPS) is 24.7. The first kappa shape index (κ1) is 16.6. The van der Waals surface area contributed by atoms with Crippen LogP contribution in [-0.2, 0) is 16.1 Å². The third-order valence-electron chi connectivity index (χ3n) is 5.94. The number of piperidine rings is 1. The number of ether oxygens (including phenoxy) is 1. The first-order chi connectivity index (χ1) is 12.2. The van der Waals surface area contributed by atoms with Gasteiger partial charge in [-0.3, -0.25) is 9.69 Å². The van der Waals surface area contributed by atoms with E-state index in [0.717, 1.165) is 45.3 Å². The lowest BCUT2D eigenvalue weighted by Crippen LogP contribution is -2.60. The number of fused-ring (bicyclic) bond motifs is 1. The van der Waals surface area contributed by atoms with E-state index in [0.29, 0.717) is 19.1 Å². The number of nitrogens with zero attached hydrogens (tertiary/aromatic N) is 2. The molecule has 25 heavy (non-hydrogen) atoms. The van der Waals surface area contributed by atoms with E-state index < -0.39 is 0 Å². The summed E-state index contributed by atoms with van der Waals surface area (Å²) in [5.41, 5.74) is 2.18. The predicted molar refractivity (Wildman–Crippen MR) is 98.4 cm³/mol. The topological polar surface area (TPSA) is 48.6 Å². The number of carbonyl (C=O) groups is 1. The highest BCUT2D eigenvalue weighted by atomic mass is 16.5. The van der Waals surface area contributed by atoms with E-state index in [-0.39, 0.29) is 5.54 Å². The quantitative estimate of drug-likeness (QED) is 0.910. The fraction of sp³-hybridized carbons (Fsp3) is 0.550. The summed E-state index contributed by atoms with van der Waals surface area (Å²) >= 11 is 0. The van der Waals surface area contributed by atoms with Gasteiger partial charge in [-0.15, -0.1) is 0 Å². The summed E-state index contributed by atoms with van der Waals surface area (Å²) in [6.07, 6.45) is 6.15. The van der Waals surface area contributed by atoms with Crippen molar-refractivity contribution in [1.29, 1.82) is 0 Å². The van der Waals surface area contributed by atoms with Gasteiger partial charge in [0.25, 0.3) is 0 Å². The van der Waals surface area contributed by atoms with Crippen LogP contribution >= 0.6 is 0 Å². The zero-order valence-electron chi connectivity index (χ0n) is 15.0. The number of rotatable bonds is 5. The summed E-state index contributed by atoms with van der Waals surface area (Å²) in [6, 6.07) is 8.54. The van der Waals surface area contributed by atoms with E-state index in [1.54, 1.807) is 7.11 Å². The number of nitrogens with one attached hydrogen (secondary N) is 1. The molecule has 0 radical (unpaired) electrons. The maximum absolute atomic E-state index is 13.3. The van der Waals surface area contributed by atoms with Crippen LogP contribution in [0.5, 0.6) is 0 Å². The number of aromatic amines is 1. The maximum atomic E-state index is 13.3. The van der Waals surface area contributed by atoms with E-state index in [1.165, 1.54) is 16.5 Å². The fourth-order valence-electron chi connectivity index (χ4n) is 4.66. The lowest BCUT2D eigenvalue weighted by molar-refractivity contribution is -0.148. The van der Waals surface area contributed by atoms with Gasteiger partial charge in [-0.2, -0.15) is 0 Å². The molecule has 2 saturated heterocycles. The number of hydrogen-bond acceptors (Lipinski definition) is 3. The van der Waals surface area contributed by atoms with Crippen molar-refractivity contribution in [3.63, 3.8) is 0 Å². The number of likely N-dealkylation sites (tertiary alicyclic amines) is 2. The molecule has 0 bridgehead atoms. The summed E-state index contributed by atoms with van der Waals surface area (Å²) in [5, 5.41) is 1.27. The Labute approximate surface area is 148 Å². The molecule has 1 unspecified atom stereocenters. The first-order valence-corrected chi connectivity index (χ1v) is 9.33. The van der Waals surface area contributed by atoms with Gasteiger partial charge in [0.1, 0.15) is 5.54 Å². The van der Waals surface area contributed by atoms with Crippen LogP contribution in [0.2, 0.25) is 0 Å². The molecule has 5 heteroatoms. The Kier molecular flexibility index (Phi) is 4.52. The van der Waals surface area contributed by atoms with Crippen molar-refractivity contribution >= 4 is 16.8 Å². The SMILES string of the molecule is COCCN1CCCC2(CCCN2Cc2cccc3[nH]ccc23)C1=O. The molecule has 4 rings (SSSR count). The minimum absolute atomic E-state index is 0.301. The monoisotopic (exact) mass is 341 g/mol. The van der Waals surface area contributed by atoms with Crippen LogP contribution in [-0.4, -0.2) is 59.6 Å². The summed E-state index contributed by atoms with van der Waals surface area (Å²) in [7, 11) is 1.70. The van der Waals surface area contributed by atoms with Gasteiger partial charge in [0.15, 0.2) is 0 Å². The second-order valence-electron chi connectivity index (χ2n) is 7.30. The van der Waals surface area contributed by atoms with Crippen molar-refractivity contribution < 1.29 is 9.53 Å². The second kappa shape index (κ2) is 6.81. The van der Waals surface area contributed by atoms with Crippen molar-refractivity contribution in [2.75, 3.05) is 33.4 Å². The van der Waals surface area contributed by atoms with Crippen LogP contribution in [0.4, 0.5) is 0 Å². The Bertz CT molecular complexity index is 756. The smallest absolute Gasteiger partial charge is 0.243 e. The average molecular weight is 341 g/mol. The van der Waals surface area contributed by atoms with Gasteiger partial charge in [0.05, 0.1) is 6.61 Å². The van der Waals surface area contributed by atoms with Crippen LogP contribution in [0.1, 0.15) is 31.2 Å². The second-order valence-corrected chi connectivity index (χ2v) is 7.30. The molecule has 2 aliphatic rings. The Balaban J connectivity index is 1.59. The van der Waals surface area contributed by atoms with Crippen LogP contribution < -0.4 is 0 Å². The van der Waals surface area contributed by atoms with Crippen LogP contribution in [0.15, 0.2) is 30.5 Å². The number of hydrogen-bond donors (Lipinski definition) is 1. The van der Waals surface area contributed by atoms with Crippen molar-refractivity contribution in [2.45, 2.75) is 37.8 Å². The molecular weight excluding hydrogens is 314 g/mol. The Morgan fingerprint density at radius 1 is 1.20 bits per heavy atom. The van der Waals surface area contributed by atoms with Gasteiger partial charge in [-0.25, -0.2) is 0 Å². The highest BCUT2D eigenvalue weighted by Gasteiger charge is 2.50. The van der Waals surface area contributed by atoms with Gasteiger partial charge in [0, 0.05) is 43.8 Å². The molecular formula is C20H27N3O2. The lowest BCUT2D eigenvalue weighted by Gasteiger charge is -2.44. The van der Waals surface area contributed by atoms with Crippen molar-refractivity contribution in [1.82, 2.24) is 14.8 Å². The molecule has 2 aromatic rings. The molecule has 3 heterocycles. The molecule has 1 aromatic heterocycles. The Hall–Kier alpha value is -1.85. The minimum atomic E-state index is -0.301. The molecule has 2 aliphatic heterocycles. The number of carbonyl (C=O) groups excluding carboxylic acids is 1. The zero-order valence-corrected chi connectivity index (χ0v) is 15.0. The number of benzene rings is 1. The molecule has 2 fully saturated rings. The van der Waals surface area contributed by atoms with Crippen LogP contribution in [0.3, 0.4) is 0 Å². The van der Waals surface area contributed by atoms with Gasteiger partial charge in [-0.05, 0) is 49.9 Å². The minimum Gasteiger partial charge on any atom is -0.383 e. The number of methoxy groups -OCH3 is 1. The molecule has 134 valence electrons. The van der Waals surface area contributed by atoms with Crippen molar-refractivity contribution in [3.05, 3.63) is 36.0 Å². The molecule has 1 spiro atoms. The summed E-state index contributed by atoms with van der Waals surface area (Å²) in [4.78, 5) is 21.0.